The van der Waals surface area contributed by atoms with Crippen molar-refractivity contribution in [1.82, 2.24) is 15.0 Å². The standard InChI is InChI=1S/C24H19ClF2N5OP/c1-13(16-6-14(9-28)4-5-20(16)26)32-23-18-7-17(21(27)8-22(18)29-12-19(23)25)15-10-30-24(31-11-15)34(2,3)33/h4-8,10-13H,1-3H3,(H,29,32)/t13-/m1/s1. The summed E-state index contributed by atoms with van der Waals surface area (Å²) < 4.78 is 41.6. The summed E-state index contributed by atoms with van der Waals surface area (Å²) in [6.45, 7) is 4.84. The third-order valence-electron chi connectivity index (χ3n) is 5.29. The number of pyridine rings is 1. The first kappa shape index (κ1) is 23.7. The number of nitrogens with one attached hydrogen (secondary N) is 1. The van der Waals surface area contributed by atoms with Gasteiger partial charge in [-0.3, -0.25) is 4.98 Å². The van der Waals surface area contributed by atoms with Crippen molar-refractivity contribution in [3.63, 3.8) is 0 Å². The van der Waals surface area contributed by atoms with E-state index in [1.165, 1.54) is 42.9 Å². The van der Waals surface area contributed by atoms with Gasteiger partial charge < -0.3 is 9.88 Å². The second-order valence-electron chi connectivity index (χ2n) is 8.17. The van der Waals surface area contributed by atoms with Crippen LogP contribution in [0.5, 0.6) is 0 Å². The quantitative estimate of drug-likeness (QED) is 0.344. The average molecular weight is 498 g/mol. The summed E-state index contributed by atoms with van der Waals surface area (Å²) >= 11 is 6.42. The minimum atomic E-state index is -2.65. The molecule has 34 heavy (non-hydrogen) atoms. The summed E-state index contributed by atoms with van der Waals surface area (Å²) in [4.78, 5) is 12.5. The number of aromatic nitrogens is 3. The number of hydrogen-bond donors (Lipinski definition) is 1. The van der Waals surface area contributed by atoms with Crippen LogP contribution < -0.4 is 10.9 Å². The zero-order valence-electron chi connectivity index (χ0n) is 18.5. The van der Waals surface area contributed by atoms with Crippen molar-refractivity contribution < 1.29 is 13.3 Å². The van der Waals surface area contributed by atoms with Crippen LogP contribution >= 0.6 is 18.7 Å². The van der Waals surface area contributed by atoms with Gasteiger partial charge in [0.25, 0.3) is 0 Å². The summed E-state index contributed by atoms with van der Waals surface area (Å²) in [6, 6.07) is 8.38. The van der Waals surface area contributed by atoms with E-state index in [9.17, 15) is 13.3 Å². The molecule has 0 fully saturated rings. The van der Waals surface area contributed by atoms with Gasteiger partial charge in [0.15, 0.2) is 5.57 Å². The average Bonchev–Trinajstić information content (AvgIpc) is 2.80. The highest BCUT2D eigenvalue weighted by atomic mass is 35.5. The monoisotopic (exact) mass is 497 g/mol. The van der Waals surface area contributed by atoms with Crippen molar-refractivity contribution in [2.75, 3.05) is 18.6 Å². The fraction of sp³-hybridized carbons (Fsp3) is 0.167. The minimum Gasteiger partial charge on any atom is -0.377 e. The van der Waals surface area contributed by atoms with Crippen LogP contribution in [0.25, 0.3) is 22.0 Å². The molecule has 1 atom stereocenters. The lowest BCUT2D eigenvalue weighted by Gasteiger charge is -2.19. The lowest BCUT2D eigenvalue weighted by atomic mass is 10.0. The first-order valence-corrected chi connectivity index (χ1v) is 13.2. The Morgan fingerprint density at radius 3 is 2.41 bits per heavy atom. The second-order valence-corrected chi connectivity index (χ2v) is 11.7. The molecule has 0 amide bonds. The van der Waals surface area contributed by atoms with Gasteiger partial charge in [0.1, 0.15) is 18.8 Å². The van der Waals surface area contributed by atoms with Crippen LogP contribution in [0.2, 0.25) is 5.02 Å². The third kappa shape index (κ3) is 4.63. The van der Waals surface area contributed by atoms with E-state index in [0.29, 0.717) is 27.7 Å². The van der Waals surface area contributed by atoms with E-state index in [0.717, 1.165) is 0 Å². The van der Waals surface area contributed by atoms with Crippen LogP contribution in [-0.2, 0) is 4.57 Å². The molecule has 2 heterocycles. The maximum atomic E-state index is 15.0. The number of anilines is 1. The highest BCUT2D eigenvalue weighted by molar-refractivity contribution is 7.69. The van der Waals surface area contributed by atoms with Crippen molar-refractivity contribution in [3.8, 4) is 17.2 Å². The zero-order chi connectivity index (χ0) is 24.6. The van der Waals surface area contributed by atoms with Crippen LogP contribution in [-0.4, -0.2) is 28.3 Å². The van der Waals surface area contributed by atoms with Crippen molar-refractivity contribution in [1.29, 1.82) is 5.26 Å². The van der Waals surface area contributed by atoms with Crippen LogP contribution in [0.1, 0.15) is 24.1 Å². The molecule has 2 aromatic heterocycles. The summed E-state index contributed by atoms with van der Waals surface area (Å²) in [5, 5.41) is 13.1. The number of fused-ring (bicyclic) bond motifs is 1. The SMILES string of the molecule is C[C@@H](Nc1c(Cl)cnc2cc(F)c(-c3cnc(P(C)(C)=O)nc3)cc12)c1cc(C#N)ccc1F. The zero-order valence-corrected chi connectivity index (χ0v) is 20.1. The Bertz CT molecular complexity index is 1500. The Morgan fingerprint density at radius 1 is 1.06 bits per heavy atom. The molecule has 0 saturated carbocycles. The highest BCUT2D eigenvalue weighted by Crippen LogP contribution is 2.37. The molecule has 10 heteroatoms. The van der Waals surface area contributed by atoms with E-state index in [1.54, 1.807) is 26.3 Å². The predicted molar refractivity (Wildman–Crippen MR) is 130 cm³/mol. The molecule has 0 aliphatic heterocycles. The predicted octanol–water partition coefficient (Wildman–Crippen LogP) is 5.92. The Kier molecular flexibility index (Phi) is 6.35. The molecule has 0 spiro atoms. The fourth-order valence-electron chi connectivity index (χ4n) is 3.53. The van der Waals surface area contributed by atoms with Crippen molar-refractivity contribution in [2.45, 2.75) is 13.0 Å². The van der Waals surface area contributed by atoms with Gasteiger partial charge in [0, 0.05) is 46.7 Å². The van der Waals surface area contributed by atoms with Crippen LogP contribution in [0.15, 0.2) is 48.9 Å². The molecule has 0 unspecified atom stereocenters. The molecule has 0 aliphatic carbocycles. The number of nitrogens with zero attached hydrogens (tertiary/aromatic N) is 4. The summed E-state index contributed by atoms with van der Waals surface area (Å²) in [6.07, 6.45) is 4.23. The first-order valence-electron chi connectivity index (χ1n) is 10.2. The lowest BCUT2D eigenvalue weighted by Crippen LogP contribution is -2.12. The molecule has 2 aromatic carbocycles. The van der Waals surface area contributed by atoms with E-state index in [2.05, 4.69) is 20.3 Å². The minimum absolute atomic E-state index is 0.207. The third-order valence-corrected chi connectivity index (χ3v) is 6.77. The van der Waals surface area contributed by atoms with Crippen LogP contribution in [0.3, 0.4) is 0 Å². The molecule has 0 radical (unpaired) electrons. The van der Waals surface area contributed by atoms with Gasteiger partial charge in [-0.15, -0.1) is 0 Å². The lowest BCUT2D eigenvalue weighted by molar-refractivity contribution is 0.587. The normalized spacial score (nSPS) is 12.4. The molecular weight excluding hydrogens is 479 g/mol. The summed E-state index contributed by atoms with van der Waals surface area (Å²) in [5.41, 5.74) is 2.20. The number of nitriles is 1. The molecule has 0 bridgehead atoms. The van der Waals surface area contributed by atoms with Gasteiger partial charge in [-0.25, -0.2) is 18.7 Å². The number of halogens is 3. The largest absolute Gasteiger partial charge is 0.377 e. The number of hydrogen-bond acceptors (Lipinski definition) is 6. The maximum Gasteiger partial charge on any atom is 0.188 e. The molecule has 1 N–H and O–H groups in total. The Balaban J connectivity index is 1.80. The smallest absolute Gasteiger partial charge is 0.188 e. The summed E-state index contributed by atoms with van der Waals surface area (Å²) in [5.74, 6) is -1.01. The van der Waals surface area contributed by atoms with Gasteiger partial charge in [0.05, 0.1) is 33.9 Å². The second kappa shape index (κ2) is 9.09. The molecular formula is C24H19ClF2N5OP. The fourth-order valence-corrected chi connectivity index (χ4v) is 4.41. The van der Waals surface area contributed by atoms with Crippen LogP contribution in [0, 0.1) is 23.0 Å². The number of benzene rings is 2. The molecule has 172 valence electrons. The van der Waals surface area contributed by atoms with Gasteiger partial charge >= 0.3 is 0 Å². The highest BCUT2D eigenvalue weighted by Gasteiger charge is 2.19. The molecule has 0 aliphatic rings. The topological polar surface area (TPSA) is 91.6 Å². The van der Waals surface area contributed by atoms with E-state index in [4.69, 9.17) is 16.9 Å². The maximum absolute atomic E-state index is 15.0. The Hall–Kier alpha value is -3.40. The van der Waals surface area contributed by atoms with Gasteiger partial charge in [-0.05, 0) is 44.5 Å². The molecule has 4 rings (SSSR count). The summed E-state index contributed by atoms with van der Waals surface area (Å²) in [7, 11) is -2.65. The van der Waals surface area contributed by atoms with Crippen molar-refractivity contribution in [2.24, 2.45) is 0 Å². The van der Waals surface area contributed by atoms with Crippen molar-refractivity contribution in [3.05, 3.63) is 76.7 Å². The van der Waals surface area contributed by atoms with Gasteiger partial charge in [0.2, 0.25) is 0 Å². The van der Waals surface area contributed by atoms with E-state index in [-0.39, 0.29) is 21.7 Å². The molecule has 0 saturated heterocycles. The first-order chi connectivity index (χ1) is 16.1. The van der Waals surface area contributed by atoms with Crippen LogP contribution in [0.4, 0.5) is 14.5 Å². The Labute approximate surface area is 200 Å². The van der Waals surface area contributed by atoms with Gasteiger partial charge in [-0.1, -0.05) is 11.6 Å². The van der Waals surface area contributed by atoms with E-state index in [1.807, 2.05) is 6.07 Å². The Morgan fingerprint density at radius 2 is 1.76 bits per heavy atom. The van der Waals surface area contributed by atoms with E-state index >= 15 is 0 Å². The molecule has 4 aromatic rings. The van der Waals surface area contributed by atoms with E-state index < -0.39 is 24.8 Å². The number of rotatable bonds is 5. The molecule has 6 nitrogen and oxygen atoms in total. The van der Waals surface area contributed by atoms with Gasteiger partial charge in [-0.2, -0.15) is 5.26 Å². The van der Waals surface area contributed by atoms with Crippen molar-refractivity contribution >= 4 is 40.9 Å².